The fraction of sp³-hybridized carbons (Fsp3) is 0.190. The van der Waals surface area contributed by atoms with Crippen LogP contribution in [0.3, 0.4) is 0 Å². The molecule has 0 amide bonds. The average Bonchev–Trinajstić information content (AvgIpc) is 3.36. The lowest BCUT2D eigenvalue weighted by molar-refractivity contribution is 0.354. The fourth-order valence-corrected chi connectivity index (χ4v) is 4.04. The number of hydrogen-bond acceptors (Lipinski definition) is 7. The van der Waals surface area contributed by atoms with E-state index in [1.165, 1.54) is 17.0 Å². The van der Waals surface area contributed by atoms with Crippen LogP contribution in [0.4, 0.5) is 20.5 Å². The maximum Gasteiger partial charge on any atom is 0.285 e. The van der Waals surface area contributed by atoms with E-state index >= 15 is 0 Å². The molecule has 13 heteroatoms. The molecule has 1 aliphatic heterocycles. The van der Waals surface area contributed by atoms with Crippen molar-refractivity contribution in [1.82, 2.24) is 24.1 Å². The van der Waals surface area contributed by atoms with E-state index in [2.05, 4.69) is 15.1 Å². The molecule has 3 aromatic heterocycles. The number of nitrogen functional groups attached to an aromatic ring is 1. The Hall–Kier alpha value is -3.63. The van der Waals surface area contributed by atoms with E-state index in [0.717, 1.165) is 10.6 Å². The van der Waals surface area contributed by atoms with Crippen LogP contribution in [0.1, 0.15) is 23.9 Å². The standard InChI is InChI=1S/C21H16F2N8O.2H2S/c22-13-8-16(29(11-13)18-12(9-24)10-26-21(25)27-18)19-28-30-7-6-15(23)17(30)20(32)31(19)14-4-2-1-3-5-14;;/h1-7,10,13,16H,8,11H2,(H2,25,26,27);2*1H2/t13-,16-;;/m0../s1. The third kappa shape index (κ3) is 4.06. The first kappa shape index (κ1) is 25.0. The molecule has 0 aliphatic carbocycles. The van der Waals surface area contributed by atoms with Crippen molar-refractivity contribution in [3.05, 3.63) is 76.4 Å². The minimum Gasteiger partial charge on any atom is -0.368 e. The van der Waals surface area contributed by atoms with Gasteiger partial charge in [0.1, 0.15) is 17.8 Å². The van der Waals surface area contributed by atoms with E-state index in [1.54, 1.807) is 35.2 Å². The SMILES string of the molecule is N#Cc1cnc(N)nc1N1C[C@@H](F)C[C@H]1c1nn2ccc(F)c2c(=O)n1-c1ccccc1.S.S. The number of benzene rings is 1. The number of rotatable bonds is 3. The molecule has 0 spiro atoms. The van der Waals surface area contributed by atoms with Crippen LogP contribution in [-0.2, 0) is 0 Å². The van der Waals surface area contributed by atoms with Crippen LogP contribution in [0.25, 0.3) is 11.2 Å². The molecule has 5 rings (SSSR count). The van der Waals surface area contributed by atoms with Crippen LogP contribution in [-0.4, -0.2) is 36.9 Å². The largest absolute Gasteiger partial charge is 0.368 e. The Kier molecular flexibility index (Phi) is 7.13. The second kappa shape index (κ2) is 9.70. The summed E-state index contributed by atoms with van der Waals surface area (Å²) in [6.07, 6.45) is 1.31. The summed E-state index contributed by atoms with van der Waals surface area (Å²) >= 11 is 0. The summed E-state index contributed by atoms with van der Waals surface area (Å²) in [4.78, 5) is 22.9. The molecule has 176 valence electrons. The summed E-state index contributed by atoms with van der Waals surface area (Å²) < 4.78 is 31.5. The zero-order valence-corrected chi connectivity index (χ0v) is 19.6. The molecule has 0 unspecified atom stereocenters. The summed E-state index contributed by atoms with van der Waals surface area (Å²) in [6, 6.07) is 11.0. The van der Waals surface area contributed by atoms with Gasteiger partial charge in [-0.1, -0.05) is 18.2 Å². The van der Waals surface area contributed by atoms with Gasteiger partial charge in [-0.25, -0.2) is 18.3 Å². The number of para-hydroxylation sites is 1. The molecule has 1 fully saturated rings. The molecule has 9 nitrogen and oxygen atoms in total. The van der Waals surface area contributed by atoms with Crippen molar-refractivity contribution in [2.45, 2.75) is 18.6 Å². The molecule has 0 saturated carbocycles. The van der Waals surface area contributed by atoms with Gasteiger partial charge in [0.25, 0.3) is 5.56 Å². The van der Waals surface area contributed by atoms with Gasteiger partial charge in [0, 0.05) is 12.6 Å². The average molecular weight is 503 g/mol. The molecule has 2 atom stereocenters. The van der Waals surface area contributed by atoms with E-state index in [1.807, 2.05) is 6.07 Å². The monoisotopic (exact) mass is 502 g/mol. The van der Waals surface area contributed by atoms with Crippen molar-refractivity contribution in [3.8, 4) is 11.8 Å². The van der Waals surface area contributed by atoms with Gasteiger partial charge in [0.2, 0.25) is 5.95 Å². The Labute approximate surface area is 206 Å². The van der Waals surface area contributed by atoms with Gasteiger partial charge in [-0.2, -0.15) is 42.3 Å². The minimum absolute atomic E-state index is 0. The highest BCUT2D eigenvalue weighted by Crippen LogP contribution is 2.37. The number of nitrogens with zero attached hydrogens (tertiary/aromatic N) is 7. The summed E-state index contributed by atoms with van der Waals surface area (Å²) in [5, 5.41) is 14.0. The lowest BCUT2D eigenvalue weighted by Crippen LogP contribution is -2.34. The van der Waals surface area contributed by atoms with Crippen LogP contribution in [0.15, 0.2) is 53.6 Å². The normalized spacial score (nSPS) is 17.1. The number of halogens is 2. The zero-order chi connectivity index (χ0) is 22.4. The van der Waals surface area contributed by atoms with Crippen molar-refractivity contribution < 1.29 is 8.78 Å². The number of alkyl halides is 1. The highest BCUT2D eigenvalue weighted by molar-refractivity contribution is 7.59. The van der Waals surface area contributed by atoms with E-state index < -0.39 is 23.6 Å². The highest BCUT2D eigenvalue weighted by Gasteiger charge is 2.39. The predicted octanol–water partition coefficient (Wildman–Crippen LogP) is 2.38. The van der Waals surface area contributed by atoms with Gasteiger partial charge in [0.05, 0.1) is 24.5 Å². The second-order valence-electron chi connectivity index (χ2n) is 7.37. The maximum atomic E-state index is 14.7. The minimum atomic E-state index is -1.28. The van der Waals surface area contributed by atoms with Crippen molar-refractivity contribution in [1.29, 1.82) is 5.26 Å². The Bertz CT molecular complexity index is 1440. The highest BCUT2D eigenvalue weighted by atomic mass is 32.1. The van der Waals surface area contributed by atoms with E-state index in [9.17, 15) is 18.8 Å². The molecule has 0 radical (unpaired) electrons. The molecular formula is C21H20F2N8OS2. The third-order valence-corrected chi connectivity index (χ3v) is 5.40. The summed E-state index contributed by atoms with van der Waals surface area (Å²) in [6.45, 7) is -0.0848. The molecule has 2 N–H and O–H groups in total. The first-order valence-electron chi connectivity index (χ1n) is 9.76. The van der Waals surface area contributed by atoms with Crippen LogP contribution in [0, 0.1) is 17.1 Å². The van der Waals surface area contributed by atoms with Gasteiger partial charge in [-0.15, -0.1) is 0 Å². The zero-order valence-electron chi connectivity index (χ0n) is 17.6. The lowest BCUT2D eigenvalue weighted by atomic mass is 10.1. The number of hydrogen-bond donors (Lipinski definition) is 1. The maximum absolute atomic E-state index is 14.7. The van der Waals surface area contributed by atoms with E-state index in [0.29, 0.717) is 5.69 Å². The van der Waals surface area contributed by atoms with Gasteiger partial charge in [-0.05, 0) is 18.2 Å². The van der Waals surface area contributed by atoms with Crippen LogP contribution in [0.5, 0.6) is 0 Å². The molecule has 34 heavy (non-hydrogen) atoms. The van der Waals surface area contributed by atoms with E-state index in [4.69, 9.17) is 5.73 Å². The quantitative estimate of drug-likeness (QED) is 0.457. The smallest absolute Gasteiger partial charge is 0.285 e. The molecule has 4 aromatic rings. The Balaban J connectivity index is 0.00000162. The number of nitrogens with two attached hydrogens (primary N) is 1. The molecule has 1 aliphatic rings. The number of nitriles is 1. The van der Waals surface area contributed by atoms with Gasteiger partial charge in [0.15, 0.2) is 23.0 Å². The Morgan fingerprint density at radius 3 is 2.62 bits per heavy atom. The van der Waals surface area contributed by atoms with Crippen molar-refractivity contribution in [3.63, 3.8) is 0 Å². The molecule has 0 bridgehead atoms. The van der Waals surface area contributed by atoms with Crippen molar-refractivity contribution in [2.75, 3.05) is 17.2 Å². The van der Waals surface area contributed by atoms with Gasteiger partial charge < -0.3 is 10.6 Å². The summed E-state index contributed by atoms with van der Waals surface area (Å²) in [7, 11) is 0. The number of anilines is 2. The number of fused-ring (bicyclic) bond motifs is 1. The second-order valence-corrected chi connectivity index (χ2v) is 7.37. The van der Waals surface area contributed by atoms with Crippen LogP contribution in [0.2, 0.25) is 0 Å². The molecular weight excluding hydrogens is 482 g/mol. The molecule has 1 aromatic carbocycles. The fourth-order valence-electron chi connectivity index (χ4n) is 4.04. The van der Waals surface area contributed by atoms with E-state index in [-0.39, 0.29) is 68.6 Å². The van der Waals surface area contributed by atoms with Crippen LogP contribution < -0.4 is 16.2 Å². The molecule has 1 saturated heterocycles. The van der Waals surface area contributed by atoms with Crippen molar-refractivity contribution in [2.24, 2.45) is 0 Å². The predicted molar refractivity (Wildman–Crippen MR) is 132 cm³/mol. The number of aromatic nitrogens is 5. The van der Waals surface area contributed by atoms with Gasteiger partial charge in [-0.3, -0.25) is 9.36 Å². The molecule has 4 heterocycles. The first-order chi connectivity index (χ1) is 15.5. The third-order valence-electron chi connectivity index (χ3n) is 5.40. The van der Waals surface area contributed by atoms with Crippen molar-refractivity contribution >= 4 is 44.3 Å². The van der Waals surface area contributed by atoms with Crippen LogP contribution >= 0.6 is 27.0 Å². The lowest BCUT2D eigenvalue weighted by Gasteiger charge is -2.27. The van der Waals surface area contributed by atoms with Gasteiger partial charge >= 0.3 is 0 Å². The first-order valence-corrected chi connectivity index (χ1v) is 9.76. The topological polar surface area (TPSA) is 118 Å². The summed E-state index contributed by atoms with van der Waals surface area (Å²) in [5.41, 5.74) is 5.43. The Morgan fingerprint density at radius 1 is 1.18 bits per heavy atom. The summed E-state index contributed by atoms with van der Waals surface area (Å²) in [5.74, 6) is -0.444. The Morgan fingerprint density at radius 2 is 1.91 bits per heavy atom.